The summed E-state index contributed by atoms with van der Waals surface area (Å²) in [4.78, 5) is 4.00. The Hall–Kier alpha value is -1.81. The third kappa shape index (κ3) is 2.06. The molecule has 0 aliphatic carbocycles. The van der Waals surface area contributed by atoms with Crippen LogP contribution in [-0.2, 0) is 12.0 Å². The molecule has 0 fully saturated rings. The van der Waals surface area contributed by atoms with Crippen molar-refractivity contribution in [2.45, 2.75) is 18.9 Å². The van der Waals surface area contributed by atoms with Crippen molar-refractivity contribution in [1.82, 2.24) is 4.98 Å². The Kier molecular flexibility index (Phi) is 2.66. The van der Waals surface area contributed by atoms with Crippen LogP contribution >= 0.6 is 0 Å². The molecule has 3 N–H and O–H groups in total. The summed E-state index contributed by atoms with van der Waals surface area (Å²) in [6.45, 7) is 1.73. The molecular formula is C12H14N2O2. The number of nitrogens with two attached hydrogens (primary N) is 1. The van der Waals surface area contributed by atoms with Crippen LogP contribution in [0.25, 0.3) is 0 Å². The minimum absolute atomic E-state index is 0.409. The smallest absolute Gasteiger partial charge is 0.0963 e. The van der Waals surface area contributed by atoms with Crippen LogP contribution < -0.4 is 5.73 Å². The lowest BCUT2D eigenvalue weighted by Crippen LogP contribution is -2.24. The predicted molar refractivity (Wildman–Crippen MR) is 60.6 cm³/mol. The van der Waals surface area contributed by atoms with Gasteiger partial charge in [0.25, 0.3) is 0 Å². The fourth-order valence-electron chi connectivity index (χ4n) is 1.63. The van der Waals surface area contributed by atoms with Crippen molar-refractivity contribution >= 4 is 5.69 Å². The Morgan fingerprint density at radius 1 is 1.50 bits per heavy atom. The Bertz CT molecular complexity index is 464. The van der Waals surface area contributed by atoms with Crippen LogP contribution in [0.5, 0.6) is 0 Å². The number of hydrogen-bond acceptors (Lipinski definition) is 4. The van der Waals surface area contributed by atoms with E-state index in [0.29, 0.717) is 12.1 Å². The largest absolute Gasteiger partial charge is 0.472 e. The molecule has 2 aromatic rings. The van der Waals surface area contributed by atoms with E-state index in [0.717, 1.165) is 11.1 Å². The van der Waals surface area contributed by atoms with Gasteiger partial charge in [-0.25, -0.2) is 0 Å². The van der Waals surface area contributed by atoms with Gasteiger partial charge in [0.2, 0.25) is 0 Å². The molecule has 2 rings (SSSR count). The molecule has 0 aromatic carbocycles. The van der Waals surface area contributed by atoms with Crippen molar-refractivity contribution in [2.75, 3.05) is 5.73 Å². The summed E-state index contributed by atoms with van der Waals surface area (Å²) in [5.41, 5.74) is 7.01. The van der Waals surface area contributed by atoms with Crippen LogP contribution in [0.3, 0.4) is 0 Å². The van der Waals surface area contributed by atoms with Crippen LogP contribution in [0.15, 0.2) is 41.5 Å². The first kappa shape index (κ1) is 10.7. The Balaban J connectivity index is 2.25. The first-order valence-corrected chi connectivity index (χ1v) is 5.03. The molecule has 2 heterocycles. The highest BCUT2D eigenvalue weighted by Gasteiger charge is 2.25. The maximum Gasteiger partial charge on any atom is 0.0963 e. The third-order valence-electron chi connectivity index (χ3n) is 2.62. The van der Waals surface area contributed by atoms with E-state index >= 15 is 0 Å². The second kappa shape index (κ2) is 3.98. The maximum absolute atomic E-state index is 10.3. The van der Waals surface area contributed by atoms with Gasteiger partial charge in [-0.3, -0.25) is 4.98 Å². The monoisotopic (exact) mass is 218 g/mol. The number of nitrogen functional groups attached to an aromatic ring is 1. The molecule has 0 radical (unpaired) electrons. The molecule has 0 amide bonds. The zero-order valence-electron chi connectivity index (χ0n) is 9.05. The number of hydrogen-bond donors (Lipinski definition) is 2. The fraction of sp³-hybridized carbons (Fsp3) is 0.250. The molecule has 2 aromatic heterocycles. The number of furan rings is 1. The molecule has 16 heavy (non-hydrogen) atoms. The second-order valence-electron chi connectivity index (χ2n) is 4.04. The van der Waals surface area contributed by atoms with Crippen LogP contribution in [0.1, 0.15) is 18.1 Å². The fourth-order valence-corrected chi connectivity index (χ4v) is 1.63. The third-order valence-corrected chi connectivity index (χ3v) is 2.62. The van der Waals surface area contributed by atoms with Gasteiger partial charge in [0.1, 0.15) is 0 Å². The number of anilines is 1. The van der Waals surface area contributed by atoms with Crippen molar-refractivity contribution in [3.63, 3.8) is 0 Å². The van der Waals surface area contributed by atoms with E-state index in [2.05, 4.69) is 4.98 Å². The van der Waals surface area contributed by atoms with Gasteiger partial charge in [-0.1, -0.05) is 0 Å². The number of nitrogens with zero attached hydrogens (tertiary/aromatic N) is 1. The molecule has 84 valence electrons. The molecule has 1 unspecified atom stereocenters. The van der Waals surface area contributed by atoms with Crippen molar-refractivity contribution < 1.29 is 9.52 Å². The second-order valence-corrected chi connectivity index (χ2v) is 4.04. The van der Waals surface area contributed by atoms with Crippen molar-refractivity contribution in [3.05, 3.63) is 48.2 Å². The quantitative estimate of drug-likeness (QED) is 0.822. The van der Waals surface area contributed by atoms with E-state index < -0.39 is 5.60 Å². The molecule has 0 saturated carbocycles. The molecule has 0 bridgehead atoms. The minimum atomic E-state index is -0.996. The maximum atomic E-state index is 10.3. The van der Waals surface area contributed by atoms with Gasteiger partial charge in [-0.15, -0.1) is 0 Å². The Morgan fingerprint density at radius 2 is 2.31 bits per heavy atom. The van der Waals surface area contributed by atoms with Crippen LogP contribution in [0, 0.1) is 0 Å². The van der Waals surface area contributed by atoms with Gasteiger partial charge in [-0.05, 0) is 24.6 Å². The van der Waals surface area contributed by atoms with E-state index in [4.69, 9.17) is 10.2 Å². The van der Waals surface area contributed by atoms with Crippen molar-refractivity contribution in [2.24, 2.45) is 0 Å². The summed E-state index contributed by atoms with van der Waals surface area (Å²) in [6, 6.07) is 3.47. The van der Waals surface area contributed by atoms with Crippen LogP contribution in [0.2, 0.25) is 0 Å². The molecule has 0 spiro atoms. The first-order chi connectivity index (χ1) is 7.59. The molecular weight excluding hydrogens is 204 g/mol. The van der Waals surface area contributed by atoms with E-state index in [1.807, 2.05) is 0 Å². The number of rotatable bonds is 3. The summed E-state index contributed by atoms with van der Waals surface area (Å²) >= 11 is 0. The summed E-state index contributed by atoms with van der Waals surface area (Å²) in [7, 11) is 0. The lowest BCUT2D eigenvalue weighted by molar-refractivity contribution is 0.0571. The standard InChI is InChI=1S/C12H14N2O2/c1-12(15,10-3-5-16-8-10)6-9-7-14-4-2-11(9)13/h2-5,7-8,15H,6H2,1H3,(H2,13,14). The Morgan fingerprint density at radius 3 is 2.94 bits per heavy atom. The normalized spacial score (nSPS) is 14.6. The van der Waals surface area contributed by atoms with Crippen LogP contribution in [-0.4, -0.2) is 10.1 Å². The zero-order valence-corrected chi connectivity index (χ0v) is 9.05. The molecule has 0 aliphatic heterocycles. The average molecular weight is 218 g/mol. The van der Waals surface area contributed by atoms with Gasteiger partial charge >= 0.3 is 0 Å². The lowest BCUT2D eigenvalue weighted by Gasteiger charge is -2.22. The van der Waals surface area contributed by atoms with Gasteiger partial charge in [0, 0.05) is 30.1 Å². The van der Waals surface area contributed by atoms with E-state index in [1.54, 1.807) is 31.5 Å². The van der Waals surface area contributed by atoms with E-state index in [1.165, 1.54) is 12.5 Å². The molecule has 0 aliphatic rings. The molecule has 0 saturated heterocycles. The molecule has 4 heteroatoms. The van der Waals surface area contributed by atoms with Gasteiger partial charge in [0.05, 0.1) is 18.1 Å². The predicted octanol–water partition coefficient (Wildman–Crippen LogP) is 1.71. The first-order valence-electron chi connectivity index (χ1n) is 5.03. The molecule has 4 nitrogen and oxygen atoms in total. The van der Waals surface area contributed by atoms with E-state index in [9.17, 15) is 5.11 Å². The summed E-state index contributed by atoms with van der Waals surface area (Å²) in [5.74, 6) is 0. The lowest BCUT2D eigenvalue weighted by atomic mass is 9.91. The SMILES string of the molecule is CC(O)(Cc1cnccc1N)c1ccoc1. The average Bonchev–Trinajstić information content (AvgIpc) is 2.75. The van der Waals surface area contributed by atoms with Crippen molar-refractivity contribution in [3.8, 4) is 0 Å². The Labute approximate surface area is 93.7 Å². The molecule has 1 atom stereocenters. The summed E-state index contributed by atoms with van der Waals surface area (Å²) in [6.07, 6.45) is 6.78. The summed E-state index contributed by atoms with van der Waals surface area (Å²) in [5, 5.41) is 10.3. The topological polar surface area (TPSA) is 72.3 Å². The number of aliphatic hydroxyl groups is 1. The van der Waals surface area contributed by atoms with Gasteiger partial charge in [0.15, 0.2) is 0 Å². The highest BCUT2D eigenvalue weighted by atomic mass is 16.3. The minimum Gasteiger partial charge on any atom is -0.472 e. The van der Waals surface area contributed by atoms with Gasteiger partial charge < -0.3 is 15.3 Å². The highest BCUT2D eigenvalue weighted by Crippen LogP contribution is 2.27. The number of pyridine rings is 1. The summed E-state index contributed by atoms with van der Waals surface area (Å²) < 4.78 is 4.96. The van der Waals surface area contributed by atoms with Crippen molar-refractivity contribution in [1.29, 1.82) is 0 Å². The number of aromatic nitrogens is 1. The van der Waals surface area contributed by atoms with Crippen LogP contribution in [0.4, 0.5) is 5.69 Å². The van der Waals surface area contributed by atoms with Gasteiger partial charge in [-0.2, -0.15) is 0 Å². The highest BCUT2D eigenvalue weighted by molar-refractivity contribution is 5.45. The zero-order chi connectivity index (χ0) is 11.6. The van der Waals surface area contributed by atoms with E-state index in [-0.39, 0.29) is 0 Å².